The molecular weight excluding hydrogens is 295 g/mol. The zero-order chi connectivity index (χ0) is 16.8. The third-order valence-electron chi connectivity index (χ3n) is 3.58. The van der Waals surface area contributed by atoms with Gasteiger partial charge in [-0.05, 0) is 35.9 Å². The van der Waals surface area contributed by atoms with E-state index in [-0.39, 0.29) is 18.3 Å². The van der Waals surface area contributed by atoms with E-state index in [0.717, 1.165) is 5.69 Å². The van der Waals surface area contributed by atoms with E-state index in [9.17, 15) is 9.18 Å². The minimum absolute atomic E-state index is 0.188. The van der Waals surface area contributed by atoms with Crippen molar-refractivity contribution in [3.8, 4) is 0 Å². The Labute approximate surface area is 135 Å². The molecule has 2 aromatic rings. The standard InChI is InChI=1S/C18H21FN2O2/c1-21(2)16-9-5-7-14(11-16)18(22)20-12-17(23-3)13-6-4-8-15(19)10-13/h4-11,17H,12H2,1-3H3,(H,20,22)/t17-/m1/s1. The Hall–Kier alpha value is -2.40. The minimum atomic E-state index is -0.397. The maximum Gasteiger partial charge on any atom is 0.251 e. The van der Waals surface area contributed by atoms with E-state index in [0.29, 0.717) is 11.1 Å². The molecule has 0 radical (unpaired) electrons. The van der Waals surface area contributed by atoms with Gasteiger partial charge in [-0.1, -0.05) is 18.2 Å². The van der Waals surface area contributed by atoms with Crippen molar-refractivity contribution in [3.63, 3.8) is 0 Å². The van der Waals surface area contributed by atoms with E-state index in [1.165, 1.54) is 19.2 Å². The molecule has 0 aliphatic heterocycles. The lowest BCUT2D eigenvalue weighted by molar-refractivity contribution is 0.0827. The number of benzene rings is 2. The van der Waals surface area contributed by atoms with Gasteiger partial charge in [-0.25, -0.2) is 4.39 Å². The Morgan fingerprint density at radius 2 is 1.96 bits per heavy atom. The number of carbonyl (C=O) groups excluding carboxylic acids is 1. The second-order valence-electron chi connectivity index (χ2n) is 5.43. The molecule has 23 heavy (non-hydrogen) atoms. The molecule has 2 aromatic carbocycles. The Kier molecular flexibility index (Phi) is 5.71. The fraction of sp³-hybridized carbons (Fsp3) is 0.278. The summed E-state index contributed by atoms with van der Waals surface area (Å²) < 4.78 is 18.7. The van der Waals surface area contributed by atoms with Crippen molar-refractivity contribution in [2.75, 3.05) is 32.6 Å². The average Bonchev–Trinajstić information content (AvgIpc) is 2.55. The van der Waals surface area contributed by atoms with E-state index in [1.54, 1.807) is 18.2 Å². The zero-order valence-electron chi connectivity index (χ0n) is 13.5. The van der Waals surface area contributed by atoms with Crippen LogP contribution in [0.3, 0.4) is 0 Å². The van der Waals surface area contributed by atoms with Gasteiger partial charge in [0.15, 0.2) is 0 Å². The highest BCUT2D eigenvalue weighted by Crippen LogP contribution is 2.17. The van der Waals surface area contributed by atoms with Crippen LogP contribution in [0, 0.1) is 5.82 Å². The first kappa shape index (κ1) is 17.0. The molecule has 0 bridgehead atoms. The summed E-state index contributed by atoms with van der Waals surface area (Å²) in [6, 6.07) is 13.5. The molecule has 0 aromatic heterocycles. The lowest BCUT2D eigenvalue weighted by atomic mass is 10.1. The third-order valence-corrected chi connectivity index (χ3v) is 3.58. The van der Waals surface area contributed by atoms with Crippen LogP contribution in [0.5, 0.6) is 0 Å². The van der Waals surface area contributed by atoms with Crippen molar-refractivity contribution in [3.05, 3.63) is 65.5 Å². The molecule has 0 fully saturated rings. The van der Waals surface area contributed by atoms with Crippen LogP contribution < -0.4 is 10.2 Å². The summed E-state index contributed by atoms with van der Waals surface area (Å²) in [6.07, 6.45) is -0.397. The topological polar surface area (TPSA) is 41.6 Å². The molecule has 2 rings (SSSR count). The summed E-state index contributed by atoms with van der Waals surface area (Å²) in [7, 11) is 5.37. The highest BCUT2D eigenvalue weighted by molar-refractivity contribution is 5.95. The first-order valence-corrected chi connectivity index (χ1v) is 7.35. The van der Waals surface area contributed by atoms with Gasteiger partial charge >= 0.3 is 0 Å². The van der Waals surface area contributed by atoms with Crippen molar-refractivity contribution >= 4 is 11.6 Å². The second kappa shape index (κ2) is 7.74. The number of methoxy groups -OCH3 is 1. The van der Waals surface area contributed by atoms with Crippen molar-refractivity contribution < 1.29 is 13.9 Å². The SMILES string of the molecule is CO[C@H](CNC(=O)c1cccc(N(C)C)c1)c1cccc(F)c1. The number of hydrogen-bond donors (Lipinski definition) is 1. The van der Waals surface area contributed by atoms with Crippen LogP contribution in [-0.2, 0) is 4.74 Å². The fourth-order valence-electron chi connectivity index (χ4n) is 2.26. The maximum atomic E-state index is 13.3. The molecule has 0 heterocycles. The lowest BCUT2D eigenvalue weighted by Crippen LogP contribution is -2.29. The Morgan fingerprint density at radius 1 is 1.22 bits per heavy atom. The van der Waals surface area contributed by atoms with Crippen molar-refractivity contribution in [2.24, 2.45) is 0 Å². The maximum absolute atomic E-state index is 13.3. The smallest absolute Gasteiger partial charge is 0.251 e. The number of amides is 1. The van der Waals surface area contributed by atoms with Gasteiger partial charge in [-0.3, -0.25) is 4.79 Å². The van der Waals surface area contributed by atoms with Gasteiger partial charge in [0.05, 0.1) is 6.10 Å². The molecule has 1 amide bonds. The van der Waals surface area contributed by atoms with E-state index < -0.39 is 6.10 Å². The van der Waals surface area contributed by atoms with E-state index in [1.807, 2.05) is 37.2 Å². The van der Waals surface area contributed by atoms with E-state index in [4.69, 9.17) is 4.74 Å². The highest BCUT2D eigenvalue weighted by Gasteiger charge is 2.14. The Morgan fingerprint density at radius 3 is 2.61 bits per heavy atom. The van der Waals surface area contributed by atoms with Crippen LogP contribution in [-0.4, -0.2) is 33.7 Å². The van der Waals surface area contributed by atoms with Gasteiger partial charge in [0, 0.05) is 39.0 Å². The molecule has 1 atom stereocenters. The third kappa shape index (κ3) is 4.53. The van der Waals surface area contributed by atoms with Gasteiger partial charge in [-0.2, -0.15) is 0 Å². The first-order valence-electron chi connectivity index (χ1n) is 7.35. The number of hydrogen-bond acceptors (Lipinski definition) is 3. The van der Waals surface area contributed by atoms with Crippen LogP contribution in [0.2, 0.25) is 0 Å². The molecular formula is C18H21FN2O2. The summed E-state index contributed by atoms with van der Waals surface area (Å²) in [4.78, 5) is 14.2. The van der Waals surface area contributed by atoms with Crippen LogP contribution in [0.25, 0.3) is 0 Å². The molecule has 0 unspecified atom stereocenters. The molecule has 0 aliphatic rings. The Balaban J connectivity index is 2.04. The molecule has 122 valence electrons. The van der Waals surface area contributed by atoms with E-state index >= 15 is 0 Å². The summed E-state index contributed by atoms with van der Waals surface area (Å²) in [5.74, 6) is -0.512. The number of rotatable bonds is 6. The molecule has 1 N–H and O–H groups in total. The molecule has 0 saturated heterocycles. The van der Waals surface area contributed by atoms with Crippen LogP contribution in [0.15, 0.2) is 48.5 Å². The van der Waals surface area contributed by atoms with Gasteiger partial charge < -0.3 is 15.0 Å². The monoisotopic (exact) mass is 316 g/mol. The van der Waals surface area contributed by atoms with Crippen LogP contribution in [0.1, 0.15) is 22.0 Å². The fourth-order valence-corrected chi connectivity index (χ4v) is 2.26. The van der Waals surface area contributed by atoms with Crippen LogP contribution >= 0.6 is 0 Å². The first-order chi connectivity index (χ1) is 11.0. The highest BCUT2D eigenvalue weighted by atomic mass is 19.1. The van der Waals surface area contributed by atoms with Gasteiger partial charge in [-0.15, -0.1) is 0 Å². The van der Waals surface area contributed by atoms with Crippen LogP contribution in [0.4, 0.5) is 10.1 Å². The summed E-state index contributed by atoms with van der Waals surface area (Å²) in [6.45, 7) is 0.269. The van der Waals surface area contributed by atoms with E-state index in [2.05, 4.69) is 5.32 Å². The van der Waals surface area contributed by atoms with Gasteiger partial charge in [0.2, 0.25) is 0 Å². The largest absolute Gasteiger partial charge is 0.378 e. The zero-order valence-corrected chi connectivity index (χ0v) is 13.5. The second-order valence-corrected chi connectivity index (χ2v) is 5.43. The van der Waals surface area contributed by atoms with Crippen molar-refractivity contribution in [2.45, 2.75) is 6.10 Å². The summed E-state index contributed by atoms with van der Waals surface area (Å²) >= 11 is 0. The number of halogens is 1. The van der Waals surface area contributed by atoms with Crippen molar-refractivity contribution in [1.29, 1.82) is 0 Å². The average molecular weight is 316 g/mol. The molecule has 0 aliphatic carbocycles. The molecule has 0 spiro atoms. The summed E-state index contributed by atoms with van der Waals surface area (Å²) in [5, 5.41) is 2.83. The Bertz CT molecular complexity index is 674. The van der Waals surface area contributed by atoms with Crippen molar-refractivity contribution in [1.82, 2.24) is 5.32 Å². The normalized spacial score (nSPS) is 11.8. The quantitative estimate of drug-likeness (QED) is 0.891. The minimum Gasteiger partial charge on any atom is -0.378 e. The number of nitrogens with one attached hydrogen (secondary N) is 1. The molecule has 0 saturated carbocycles. The predicted octanol–water partition coefficient (Wildman–Crippen LogP) is 3.01. The number of carbonyl (C=O) groups is 1. The predicted molar refractivity (Wildman–Crippen MR) is 89.3 cm³/mol. The number of anilines is 1. The van der Waals surface area contributed by atoms with Gasteiger partial charge in [0.1, 0.15) is 5.82 Å². The number of ether oxygens (including phenoxy) is 1. The molecule has 4 nitrogen and oxygen atoms in total. The molecule has 5 heteroatoms. The summed E-state index contributed by atoms with van der Waals surface area (Å²) in [5.41, 5.74) is 2.21. The lowest BCUT2D eigenvalue weighted by Gasteiger charge is -2.17. The number of nitrogens with zero attached hydrogens (tertiary/aromatic N) is 1. The van der Waals surface area contributed by atoms with Gasteiger partial charge in [0.25, 0.3) is 5.91 Å².